The molecule has 1 aromatic rings. The Morgan fingerprint density at radius 1 is 1.26 bits per heavy atom. The Bertz CT molecular complexity index is 543. The molecule has 1 saturated heterocycles. The number of hydrogen-bond acceptors (Lipinski definition) is 3. The minimum Gasteiger partial charge on any atom is -0.393 e. The fourth-order valence-corrected chi connectivity index (χ4v) is 2.85. The summed E-state index contributed by atoms with van der Waals surface area (Å²) in [4.78, 5) is 14.0. The van der Waals surface area contributed by atoms with Crippen molar-refractivity contribution in [2.24, 2.45) is 0 Å². The Morgan fingerprint density at radius 2 is 1.91 bits per heavy atom. The first-order valence-electron chi connectivity index (χ1n) is 8.16. The molecule has 1 aliphatic rings. The average Bonchev–Trinajstić information content (AvgIpc) is 2.47. The number of carbonyl (C=O) groups is 1. The molecule has 0 aromatic heterocycles. The van der Waals surface area contributed by atoms with Crippen LogP contribution in [0.3, 0.4) is 0 Å². The van der Waals surface area contributed by atoms with Gasteiger partial charge in [-0.2, -0.15) is 0 Å². The molecule has 6 heteroatoms. The number of aliphatic hydroxyl groups excluding tert-OH is 1. The van der Waals surface area contributed by atoms with Gasteiger partial charge in [0.2, 0.25) is 0 Å². The minimum atomic E-state index is -0.321. The summed E-state index contributed by atoms with van der Waals surface area (Å²) in [5.74, 6) is -0.321. The van der Waals surface area contributed by atoms with E-state index in [4.69, 9.17) is 0 Å². The molecule has 23 heavy (non-hydrogen) atoms. The van der Waals surface area contributed by atoms with Crippen LogP contribution < -0.4 is 15.5 Å². The number of anilines is 1. The first-order valence-corrected chi connectivity index (χ1v) is 8.16. The Hall–Kier alpha value is -1.82. The molecular weight excluding hydrogens is 297 g/mol. The van der Waals surface area contributed by atoms with Gasteiger partial charge in [-0.1, -0.05) is 0 Å². The number of carbonyl (C=O) groups excluding carboxylic acids is 1. The van der Waals surface area contributed by atoms with Gasteiger partial charge >= 0.3 is 6.03 Å². The molecule has 1 heterocycles. The molecule has 1 unspecified atom stereocenters. The van der Waals surface area contributed by atoms with Crippen molar-refractivity contribution >= 4 is 11.7 Å². The molecule has 3 N–H and O–H groups in total. The minimum absolute atomic E-state index is 0.0396. The number of benzene rings is 1. The van der Waals surface area contributed by atoms with Crippen LogP contribution in [0.25, 0.3) is 0 Å². The molecule has 1 fully saturated rings. The number of aliphatic hydroxyl groups is 1. The maximum atomic E-state index is 13.7. The van der Waals surface area contributed by atoms with Crippen molar-refractivity contribution in [1.82, 2.24) is 10.6 Å². The first kappa shape index (κ1) is 17.5. The van der Waals surface area contributed by atoms with Crippen LogP contribution in [-0.4, -0.2) is 36.4 Å². The molecule has 1 aliphatic heterocycles. The maximum Gasteiger partial charge on any atom is 0.315 e. The van der Waals surface area contributed by atoms with E-state index in [0.29, 0.717) is 12.8 Å². The lowest BCUT2D eigenvalue weighted by molar-refractivity contribution is 0.145. The summed E-state index contributed by atoms with van der Waals surface area (Å²) in [7, 11) is 0. The summed E-state index contributed by atoms with van der Waals surface area (Å²) in [6.07, 6.45) is 1.14. The van der Waals surface area contributed by atoms with Gasteiger partial charge in [0.25, 0.3) is 0 Å². The second-order valence-electron chi connectivity index (χ2n) is 6.42. The molecule has 5 nitrogen and oxygen atoms in total. The molecule has 2 rings (SSSR count). The van der Waals surface area contributed by atoms with Gasteiger partial charge < -0.3 is 20.6 Å². The Morgan fingerprint density at radius 3 is 2.52 bits per heavy atom. The zero-order chi connectivity index (χ0) is 17.0. The van der Waals surface area contributed by atoms with Crippen molar-refractivity contribution in [3.8, 4) is 0 Å². The van der Waals surface area contributed by atoms with Gasteiger partial charge in [0.15, 0.2) is 0 Å². The fraction of sp³-hybridized carbons (Fsp3) is 0.588. The van der Waals surface area contributed by atoms with E-state index in [1.807, 2.05) is 20.8 Å². The van der Waals surface area contributed by atoms with Crippen molar-refractivity contribution in [2.45, 2.75) is 51.8 Å². The monoisotopic (exact) mass is 323 g/mol. The van der Waals surface area contributed by atoms with E-state index in [9.17, 15) is 14.3 Å². The van der Waals surface area contributed by atoms with Crippen molar-refractivity contribution in [3.63, 3.8) is 0 Å². The van der Waals surface area contributed by atoms with Crippen LogP contribution in [-0.2, 0) is 0 Å². The largest absolute Gasteiger partial charge is 0.393 e. The van der Waals surface area contributed by atoms with Crippen LogP contribution in [0.2, 0.25) is 0 Å². The molecule has 0 saturated carbocycles. The maximum absolute atomic E-state index is 13.7. The van der Waals surface area contributed by atoms with Crippen LogP contribution >= 0.6 is 0 Å². The molecular formula is C17H26FN3O2. The quantitative estimate of drug-likeness (QED) is 0.798. The molecule has 0 aliphatic carbocycles. The zero-order valence-electron chi connectivity index (χ0n) is 14.0. The highest BCUT2D eigenvalue weighted by molar-refractivity contribution is 5.75. The third kappa shape index (κ3) is 4.82. The Kier molecular flexibility index (Phi) is 5.82. The fourth-order valence-electron chi connectivity index (χ4n) is 2.85. The van der Waals surface area contributed by atoms with Crippen molar-refractivity contribution in [1.29, 1.82) is 0 Å². The predicted molar refractivity (Wildman–Crippen MR) is 89.1 cm³/mol. The first-order chi connectivity index (χ1) is 10.9. The smallest absolute Gasteiger partial charge is 0.315 e. The lowest BCUT2D eigenvalue weighted by Crippen LogP contribution is -2.41. The molecule has 0 bridgehead atoms. The second kappa shape index (κ2) is 7.64. The van der Waals surface area contributed by atoms with Crippen LogP contribution in [0.5, 0.6) is 0 Å². The number of piperidine rings is 1. The van der Waals surface area contributed by atoms with Crippen molar-refractivity contribution < 1.29 is 14.3 Å². The van der Waals surface area contributed by atoms with Crippen molar-refractivity contribution in [3.05, 3.63) is 29.6 Å². The van der Waals surface area contributed by atoms with Crippen LogP contribution in [0.15, 0.2) is 18.2 Å². The van der Waals surface area contributed by atoms with Gasteiger partial charge in [0.1, 0.15) is 5.82 Å². The summed E-state index contributed by atoms with van der Waals surface area (Å²) >= 11 is 0. The van der Waals surface area contributed by atoms with Gasteiger partial charge in [0, 0.05) is 30.4 Å². The normalized spacial score (nSPS) is 17.2. The van der Waals surface area contributed by atoms with E-state index in [1.165, 1.54) is 12.1 Å². The molecule has 0 spiro atoms. The van der Waals surface area contributed by atoms with E-state index < -0.39 is 0 Å². The highest BCUT2D eigenvalue weighted by atomic mass is 19.1. The van der Waals surface area contributed by atoms with Crippen LogP contribution in [0, 0.1) is 5.82 Å². The van der Waals surface area contributed by atoms with Gasteiger partial charge in [-0.3, -0.25) is 0 Å². The number of hydrogen-bond donors (Lipinski definition) is 3. The number of nitrogens with zero attached hydrogens (tertiary/aromatic N) is 1. The zero-order valence-corrected chi connectivity index (χ0v) is 14.0. The predicted octanol–water partition coefficient (Wildman–Crippen LogP) is 2.56. The summed E-state index contributed by atoms with van der Waals surface area (Å²) in [5.41, 5.74) is 1.66. The van der Waals surface area contributed by atoms with E-state index in [1.54, 1.807) is 6.07 Å². The van der Waals surface area contributed by atoms with Crippen LogP contribution in [0.1, 0.15) is 45.2 Å². The SMILES string of the molecule is CC(C)NC(=O)NC(C)c1cc(F)ccc1N1CCC(O)CC1. The number of nitrogens with one attached hydrogen (secondary N) is 2. The average molecular weight is 323 g/mol. The highest BCUT2D eigenvalue weighted by Crippen LogP contribution is 2.29. The number of urea groups is 1. The number of rotatable bonds is 4. The van der Waals surface area contributed by atoms with Gasteiger partial charge in [-0.25, -0.2) is 9.18 Å². The van der Waals surface area contributed by atoms with Gasteiger partial charge in [-0.15, -0.1) is 0 Å². The molecule has 1 atom stereocenters. The van der Waals surface area contributed by atoms with E-state index in [-0.39, 0.29) is 30.0 Å². The van der Waals surface area contributed by atoms with E-state index in [0.717, 1.165) is 24.3 Å². The number of halogens is 1. The lowest BCUT2D eigenvalue weighted by Gasteiger charge is -2.34. The molecule has 128 valence electrons. The summed E-state index contributed by atoms with van der Waals surface area (Å²) in [6.45, 7) is 7.07. The lowest BCUT2D eigenvalue weighted by atomic mass is 10.0. The Balaban J connectivity index is 2.16. The molecule has 0 radical (unpaired) electrons. The third-order valence-corrected chi connectivity index (χ3v) is 4.03. The summed E-state index contributed by atoms with van der Waals surface area (Å²) in [6, 6.07) is 4.12. The van der Waals surface area contributed by atoms with E-state index >= 15 is 0 Å². The number of amides is 2. The molecule has 2 amide bonds. The van der Waals surface area contributed by atoms with Gasteiger partial charge in [-0.05, 0) is 51.8 Å². The van der Waals surface area contributed by atoms with Crippen LogP contribution in [0.4, 0.5) is 14.9 Å². The topological polar surface area (TPSA) is 64.6 Å². The summed E-state index contributed by atoms with van der Waals surface area (Å²) in [5, 5.41) is 15.3. The highest BCUT2D eigenvalue weighted by Gasteiger charge is 2.22. The van der Waals surface area contributed by atoms with Crippen molar-refractivity contribution in [2.75, 3.05) is 18.0 Å². The van der Waals surface area contributed by atoms with Gasteiger partial charge in [0.05, 0.1) is 12.1 Å². The molecule has 1 aromatic carbocycles. The third-order valence-electron chi connectivity index (χ3n) is 4.03. The Labute approximate surface area is 136 Å². The second-order valence-corrected chi connectivity index (χ2v) is 6.42. The summed E-state index contributed by atoms with van der Waals surface area (Å²) < 4.78 is 13.7. The standard InChI is InChI=1S/C17H26FN3O2/c1-11(2)19-17(23)20-12(3)15-10-13(18)4-5-16(15)21-8-6-14(22)7-9-21/h4-5,10-12,14,22H,6-9H2,1-3H3,(H2,19,20,23). The van der Waals surface area contributed by atoms with E-state index in [2.05, 4.69) is 15.5 Å².